The molecule has 1 atom stereocenters. The first-order valence-corrected chi connectivity index (χ1v) is 7.35. The highest BCUT2D eigenvalue weighted by molar-refractivity contribution is 5.84. The molecular formula is C14H25N5O. The van der Waals surface area contributed by atoms with Crippen molar-refractivity contribution < 1.29 is 4.79 Å². The highest BCUT2D eigenvalue weighted by Crippen LogP contribution is 2.30. The topological polar surface area (TPSA) is 76.2 Å². The van der Waals surface area contributed by atoms with Crippen LogP contribution in [0.5, 0.6) is 0 Å². The number of primary amides is 1. The summed E-state index contributed by atoms with van der Waals surface area (Å²) in [7, 11) is 1.93. The highest BCUT2D eigenvalue weighted by Gasteiger charge is 2.33. The van der Waals surface area contributed by atoms with E-state index in [-0.39, 0.29) is 11.9 Å². The smallest absolute Gasteiger partial charge is 0.240 e. The Hall–Kier alpha value is -1.56. The molecule has 20 heavy (non-hydrogen) atoms. The molecule has 0 saturated carbocycles. The Kier molecular flexibility index (Phi) is 4.65. The minimum absolute atomic E-state index is 0.199. The molecule has 1 aromatic heterocycles. The molecule has 0 spiro atoms. The molecule has 0 radical (unpaired) electrons. The molecule has 2 heterocycles. The normalized spacial score (nSPS) is 18.8. The number of anilines is 1. The quantitative estimate of drug-likeness (QED) is 0.751. The van der Waals surface area contributed by atoms with Crippen LogP contribution in [-0.4, -0.2) is 34.8 Å². The highest BCUT2D eigenvalue weighted by atomic mass is 16.1. The van der Waals surface area contributed by atoms with E-state index in [1.807, 2.05) is 18.7 Å². The van der Waals surface area contributed by atoms with E-state index in [0.29, 0.717) is 0 Å². The van der Waals surface area contributed by atoms with Gasteiger partial charge in [-0.3, -0.25) is 9.48 Å². The lowest BCUT2D eigenvalue weighted by molar-refractivity contribution is -0.119. The predicted molar refractivity (Wildman–Crippen MR) is 79.5 cm³/mol. The van der Waals surface area contributed by atoms with Crippen molar-refractivity contribution >= 4 is 11.7 Å². The van der Waals surface area contributed by atoms with Gasteiger partial charge in [-0.15, -0.1) is 0 Å². The zero-order valence-electron chi connectivity index (χ0n) is 12.6. The second-order valence-corrected chi connectivity index (χ2v) is 5.44. The molecule has 1 aliphatic heterocycles. The fourth-order valence-corrected chi connectivity index (χ4v) is 2.96. The van der Waals surface area contributed by atoms with E-state index in [4.69, 9.17) is 5.73 Å². The van der Waals surface area contributed by atoms with Crippen LogP contribution in [0.15, 0.2) is 0 Å². The summed E-state index contributed by atoms with van der Waals surface area (Å²) in [5.41, 5.74) is 7.72. The molecule has 1 fully saturated rings. The van der Waals surface area contributed by atoms with E-state index in [9.17, 15) is 4.79 Å². The average Bonchev–Trinajstić information content (AvgIpc) is 2.95. The number of hydrogen-bond donors (Lipinski definition) is 2. The Bertz CT molecular complexity index is 482. The van der Waals surface area contributed by atoms with Crippen molar-refractivity contribution in [2.75, 3.05) is 18.0 Å². The van der Waals surface area contributed by atoms with Crippen LogP contribution in [-0.2, 0) is 18.4 Å². The van der Waals surface area contributed by atoms with Gasteiger partial charge in [0, 0.05) is 25.7 Å². The van der Waals surface area contributed by atoms with Crippen LogP contribution in [0, 0.1) is 6.92 Å². The second kappa shape index (κ2) is 6.26. The van der Waals surface area contributed by atoms with Crippen molar-refractivity contribution in [3.63, 3.8) is 0 Å². The number of nitrogens with one attached hydrogen (secondary N) is 1. The first-order chi connectivity index (χ1) is 9.56. The lowest BCUT2D eigenvalue weighted by Gasteiger charge is -2.25. The van der Waals surface area contributed by atoms with E-state index < -0.39 is 0 Å². The fourth-order valence-electron chi connectivity index (χ4n) is 2.96. The van der Waals surface area contributed by atoms with Gasteiger partial charge < -0.3 is 16.0 Å². The maximum atomic E-state index is 11.6. The van der Waals surface area contributed by atoms with Crippen LogP contribution in [0.3, 0.4) is 0 Å². The van der Waals surface area contributed by atoms with Gasteiger partial charge in [-0.05, 0) is 32.7 Å². The molecule has 6 heteroatoms. The van der Waals surface area contributed by atoms with Crippen molar-refractivity contribution in [3.8, 4) is 0 Å². The maximum Gasteiger partial charge on any atom is 0.240 e. The van der Waals surface area contributed by atoms with Gasteiger partial charge in [0.05, 0.1) is 5.69 Å². The first kappa shape index (κ1) is 14.8. The number of nitrogens with two attached hydrogens (primary N) is 1. The average molecular weight is 279 g/mol. The van der Waals surface area contributed by atoms with Gasteiger partial charge in [0.1, 0.15) is 11.9 Å². The zero-order chi connectivity index (χ0) is 14.7. The van der Waals surface area contributed by atoms with E-state index in [1.54, 1.807) is 0 Å². The monoisotopic (exact) mass is 279 g/mol. The molecular weight excluding hydrogens is 254 g/mol. The molecule has 0 aromatic carbocycles. The number of aromatic nitrogens is 2. The Morgan fingerprint density at radius 1 is 1.55 bits per heavy atom. The van der Waals surface area contributed by atoms with Crippen molar-refractivity contribution in [1.82, 2.24) is 15.1 Å². The number of aryl methyl sites for hydroxylation is 2. The molecule has 1 aromatic rings. The summed E-state index contributed by atoms with van der Waals surface area (Å²) in [4.78, 5) is 13.7. The summed E-state index contributed by atoms with van der Waals surface area (Å²) < 4.78 is 1.87. The third-order valence-electron chi connectivity index (χ3n) is 3.90. The van der Waals surface area contributed by atoms with Crippen LogP contribution < -0.4 is 16.0 Å². The third kappa shape index (κ3) is 2.80. The molecule has 112 valence electrons. The van der Waals surface area contributed by atoms with E-state index in [0.717, 1.165) is 50.4 Å². The molecule has 6 nitrogen and oxygen atoms in total. The van der Waals surface area contributed by atoms with Crippen molar-refractivity contribution in [2.24, 2.45) is 12.8 Å². The summed E-state index contributed by atoms with van der Waals surface area (Å²) in [6.07, 6.45) is 2.93. The minimum atomic E-state index is -0.242. The summed E-state index contributed by atoms with van der Waals surface area (Å²) in [6, 6.07) is -0.199. The lowest BCUT2D eigenvalue weighted by Crippen LogP contribution is -2.41. The zero-order valence-corrected chi connectivity index (χ0v) is 12.6. The molecule has 1 amide bonds. The fraction of sp³-hybridized carbons (Fsp3) is 0.714. The molecule has 1 unspecified atom stereocenters. The predicted octanol–water partition coefficient (Wildman–Crippen LogP) is 0.682. The number of nitrogens with zero attached hydrogens (tertiary/aromatic N) is 3. The number of carbonyl (C=O) groups excluding carboxylic acids is 1. The van der Waals surface area contributed by atoms with Crippen molar-refractivity contribution in [1.29, 1.82) is 0 Å². The third-order valence-corrected chi connectivity index (χ3v) is 3.90. The summed E-state index contributed by atoms with van der Waals surface area (Å²) in [6.45, 7) is 6.79. The summed E-state index contributed by atoms with van der Waals surface area (Å²) in [5.74, 6) is 0.793. The van der Waals surface area contributed by atoms with Gasteiger partial charge in [-0.25, -0.2) is 0 Å². The van der Waals surface area contributed by atoms with Gasteiger partial charge in [0.2, 0.25) is 5.91 Å². The van der Waals surface area contributed by atoms with E-state index in [2.05, 4.69) is 22.2 Å². The molecule has 1 saturated heterocycles. The maximum absolute atomic E-state index is 11.6. The van der Waals surface area contributed by atoms with Crippen LogP contribution in [0.2, 0.25) is 0 Å². The lowest BCUT2D eigenvalue weighted by atomic mass is 10.2. The Morgan fingerprint density at radius 2 is 2.30 bits per heavy atom. The van der Waals surface area contributed by atoms with E-state index >= 15 is 0 Å². The first-order valence-electron chi connectivity index (χ1n) is 7.35. The number of amides is 1. The van der Waals surface area contributed by atoms with Gasteiger partial charge in [-0.2, -0.15) is 5.10 Å². The largest absolute Gasteiger partial charge is 0.368 e. The van der Waals surface area contributed by atoms with Gasteiger partial charge in [0.15, 0.2) is 0 Å². The second-order valence-electron chi connectivity index (χ2n) is 5.44. The molecule has 3 N–H and O–H groups in total. The number of rotatable bonds is 6. The number of hydrogen-bond acceptors (Lipinski definition) is 4. The van der Waals surface area contributed by atoms with Crippen LogP contribution in [0.4, 0.5) is 5.82 Å². The molecule has 1 aliphatic rings. The van der Waals surface area contributed by atoms with Crippen LogP contribution >= 0.6 is 0 Å². The van der Waals surface area contributed by atoms with Crippen LogP contribution in [0.1, 0.15) is 37.4 Å². The van der Waals surface area contributed by atoms with Crippen molar-refractivity contribution in [2.45, 2.75) is 45.7 Å². The van der Waals surface area contributed by atoms with Crippen molar-refractivity contribution in [3.05, 3.63) is 11.3 Å². The molecule has 2 rings (SSSR count). The van der Waals surface area contributed by atoms with Gasteiger partial charge in [-0.1, -0.05) is 6.92 Å². The van der Waals surface area contributed by atoms with Gasteiger partial charge >= 0.3 is 0 Å². The number of carbonyl (C=O) groups is 1. The SMILES string of the molecule is CCCNCc1c(C)nn(C)c1N1CCCC1C(N)=O. The Labute approximate surface area is 120 Å². The summed E-state index contributed by atoms with van der Waals surface area (Å²) in [5, 5.41) is 7.93. The summed E-state index contributed by atoms with van der Waals surface area (Å²) >= 11 is 0. The Morgan fingerprint density at radius 3 is 2.95 bits per heavy atom. The van der Waals surface area contributed by atoms with Crippen LogP contribution in [0.25, 0.3) is 0 Å². The minimum Gasteiger partial charge on any atom is -0.368 e. The molecule has 0 aliphatic carbocycles. The molecule has 0 bridgehead atoms. The Balaban J connectivity index is 2.27. The van der Waals surface area contributed by atoms with E-state index in [1.165, 1.54) is 5.56 Å². The standard InChI is InChI=1S/C14H25N5O/c1-4-7-16-9-11-10(2)17-18(3)14(11)19-8-5-6-12(19)13(15)20/h12,16H,4-9H2,1-3H3,(H2,15,20). The van der Waals surface area contributed by atoms with Gasteiger partial charge in [0.25, 0.3) is 0 Å².